The Morgan fingerprint density at radius 3 is 3.05 bits per heavy atom. The molecule has 0 unspecified atom stereocenters. The lowest BCUT2D eigenvalue weighted by Crippen LogP contribution is -2.06. The zero-order chi connectivity index (χ0) is 13.2. The van der Waals surface area contributed by atoms with E-state index in [2.05, 4.69) is 30.8 Å². The first-order valence-electron chi connectivity index (χ1n) is 6.36. The monoisotopic (exact) mass is 321 g/mol. The third kappa shape index (κ3) is 2.76. The molecule has 3 rings (SSSR count). The molecule has 1 aromatic carbocycles. The number of nitrogens with zero attached hydrogens (tertiary/aromatic N) is 2. The molecule has 1 saturated carbocycles. The second kappa shape index (κ2) is 5.25. The molecule has 1 aliphatic rings. The van der Waals surface area contributed by atoms with Crippen LogP contribution in [0.4, 0.5) is 5.69 Å². The number of anilines is 1. The van der Waals surface area contributed by atoms with E-state index < -0.39 is 0 Å². The highest BCUT2D eigenvalue weighted by Gasteiger charge is 2.24. The minimum atomic E-state index is 0.666. The third-order valence-corrected chi connectivity index (χ3v) is 3.97. The van der Waals surface area contributed by atoms with E-state index in [0.717, 1.165) is 22.5 Å². The molecule has 4 nitrogen and oxygen atoms in total. The van der Waals surface area contributed by atoms with Gasteiger partial charge in [-0.05, 0) is 40.9 Å². The van der Waals surface area contributed by atoms with Crippen molar-refractivity contribution in [2.75, 3.05) is 12.4 Å². The number of imidazole rings is 1. The van der Waals surface area contributed by atoms with Gasteiger partial charge < -0.3 is 14.6 Å². The number of nitrogens with one attached hydrogen (secondary N) is 1. The fraction of sp³-hybridized carbons (Fsp3) is 0.357. The van der Waals surface area contributed by atoms with E-state index in [1.54, 1.807) is 7.11 Å². The van der Waals surface area contributed by atoms with Crippen LogP contribution < -0.4 is 10.1 Å². The van der Waals surface area contributed by atoms with Gasteiger partial charge in [-0.2, -0.15) is 0 Å². The van der Waals surface area contributed by atoms with Gasteiger partial charge in [0.15, 0.2) is 0 Å². The molecule has 1 N–H and O–H groups in total. The molecule has 1 heterocycles. The molecule has 19 heavy (non-hydrogen) atoms. The Labute approximate surface area is 120 Å². The summed E-state index contributed by atoms with van der Waals surface area (Å²) in [7, 11) is 1.67. The van der Waals surface area contributed by atoms with Gasteiger partial charge in [0.25, 0.3) is 0 Å². The van der Waals surface area contributed by atoms with Gasteiger partial charge in [0, 0.05) is 24.0 Å². The van der Waals surface area contributed by atoms with Crippen molar-refractivity contribution < 1.29 is 4.74 Å². The van der Waals surface area contributed by atoms with Gasteiger partial charge in [0.2, 0.25) is 0 Å². The quantitative estimate of drug-likeness (QED) is 0.914. The van der Waals surface area contributed by atoms with Crippen molar-refractivity contribution in [1.29, 1.82) is 0 Å². The number of halogens is 1. The van der Waals surface area contributed by atoms with Gasteiger partial charge in [-0.3, -0.25) is 0 Å². The number of rotatable bonds is 5. The zero-order valence-corrected chi connectivity index (χ0v) is 12.4. The number of aromatic nitrogens is 2. The van der Waals surface area contributed by atoms with Crippen molar-refractivity contribution in [3.05, 3.63) is 40.9 Å². The van der Waals surface area contributed by atoms with Crippen LogP contribution >= 0.6 is 15.9 Å². The Balaban J connectivity index is 1.70. The summed E-state index contributed by atoms with van der Waals surface area (Å²) in [5, 5.41) is 3.41. The van der Waals surface area contributed by atoms with Crippen molar-refractivity contribution in [1.82, 2.24) is 9.55 Å². The molecule has 0 bridgehead atoms. The Morgan fingerprint density at radius 1 is 1.47 bits per heavy atom. The zero-order valence-electron chi connectivity index (χ0n) is 10.8. The van der Waals surface area contributed by atoms with Crippen LogP contribution in [-0.4, -0.2) is 16.7 Å². The van der Waals surface area contributed by atoms with Crippen molar-refractivity contribution >= 4 is 21.6 Å². The van der Waals surface area contributed by atoms with Crippen LogP contribution in [0.25, 0.3) is 0 Å². The van der Waals surface area contributed by atoms with E-state index in [9.17, 15) is 0 Å². The molecule has 1 aromatic heterocycles. The van der Waals surface area contributed by atoms with Gasteiger partial charge in [0.05, 0.1) is 30.1 Å². The van der Waals surface area contributed by atoms with Gasteiger partial charge >= 0.3 is 0 Å². The van der Waals surface area contributed by atoms with Crippen LogP contribution in [0, 0.1) is 0 Å². The molecule has 0 atom stereocenters. The van der Waals surface area contributed by atoms with Gasteiger partial charge in [-0.25, -0.2) is 4.98 Å². The molecule has 0 amide bonds. The summed E-state index contributed by atoms with van der Waals surface area (Å²) in [5.74, 6) is 0.834. The average molecular weight is 322 g/mol. The molecule has 100 valence electrons. The maximum atomic E-state index is 5.29. The van der Waals surface area contributed by atoms with E-state index >= 15 is 0 Å². The standard InChI is InChI=1S/C14H16BrN3O/c1-19-14-6-10(2-5-13(14)15)17-8-12-7-16-9-18(12)11-3-4-11/h2,5-7,9,11,17H,3-4,8H2,1H3. The van der Waals surface area contributed by atoms with Crippen molar-refractivity contribution in [3.8, 4) is 5.75 Å². The maximum absolute atomic E-state index is 5.29. The van der Waals surface area contributed by atoms with Crippen molar-refractivity contribution in [2.24, 2.45) is 0 Å². The second-order valence-corrected chi connectivity index (χ2v) is 5.58. The molecular formula is C14H16BrN3O. The Bertz CT molecular complexity index is 578. The summed E-state index contributed by atoms with van der Waals surface area (Å²) >= 11 is 3.45. The lowest BCUT2D eigenvalue weighted by molar-refractivity contribution is 0.412. The van der Waals surface area contributed by atoms with Gasteiger partial charge in [-0.15, -0.1) is 0 Å². The largest absolute Gasteiger partial charge is 0.495 e. The number of hydrogen-bond donors (Lipinski definition) is 1. The van der Waals surface area contributed by atoms with Crippen LogP contribution in [0.1, 0.15) is 24.6 Å². The number of hydrogen-bond acceptors (Lipinski definition) is 3. The number of benzene rings is 1. The van der Waals surface area contributed by atoms with E-state index in [1.165, 1.54) is 18.5 Å². The minimum absolute atomic E-state index is 0.666. The number of ether oxygens (including phenoxy) is 1. The highest BCUT2D eigenvalue weighted by atomic mass is 79.9. The molecule has 1 aliphatic carbocycles. The Morgan fingerprint density at radius 2 is 2.32 bits per heavy atom. The van der Waals surface area contributed by atoms with Crippen LogP contribution in [0.2, 0.25) is 0 Å². The van der Waals surface area contributed by atoms with E-state index in [1.807, 2.05) is 30.7 Å². The highest BCUT2D eigenvalue weighted by molar-refractivity contribution is 9.10. The lowest BCUT2D eigenvalue weighted by atomic mass is 10.3. The third-order valence-electron chi connectivity index (χ3n) is 3.31. The summed E-state index contributed by atoms with van der Waals surface area (Å²) in [5.41, 5.74) is 2.27. The smallest absolute Gasteiger partial charge is 0.135 e. The van der Waals surface area contributed by atoms with Crippen molar-refractivity contribution in [2.45, 2.75) is 25.4 Å². The fourth-order valence-electron chi connectivity index (χ4n) is 2.11. The van der Waals surface area contributed by atoms with Crippen molar-refractivity contribution in [3.63, 3.8) is 0 Å². The topological polar surface area (TPSA) is 39.1 Å². The molecule has 0 saturated heterocycles. The van der Waals surface area contributed by atoms with Gasteiger partial charge in [0.1, 0.15) is 5.75 Å². The number of methoxy groups -OCH3 is 1. The second-order valence-electron chi connectivity index (χ2n) is 4.73. The molecule has 2 aromatic rings. The molecular weight excluding hydrogens is 306 g/mol. The van der Waals surface area contributed by atoms with E-state index in [-0.39, 0.29) is 0 Å². The summed E-state index contributed by atoms with van der Waals surface area (Å²) in [6.07, 6.45) is 6.41. The fourth-order valence-corrected chi connectivity index (χ4v) is 2.52. The first-order chi connectivity index (χ1) is 9.28. The summed E-state index contributed by atoms with van der Waals surface area (Å²) in [6, 6.07) is 6.67. The predicted molar refractivity (Wildman–Crippen MR) is 78.5 cm³/mol. The van der Waals surface area contributed by atoms with Crippen LogP contribution in [0.5, 0.6) is 5.75 Å². The van der Waals surface area contributed by atoms with E-state index in [0.29, 0.717) is 6.04 Å². The predicted octanol–water partition coefficient (Wildman–Crippen LogP) is 3.60. The molecule has 0 radical (unpaired) electrons. The lowest BCUT2D eigenvalue weighted by Gasteiger charge is -2.11. The normalized spacial score (nSPS) is 14.4. The first-order valence-corrected chi connectivity index (χ1v) is 7.15. The SMILES string of the molecule is COc1cc(NCc2cncn2C2CC2)ccc1Br. The Hall–Kier alpha value is -1.49. The minimum Gasteiger partial charge on any atom is -0.495 e. The van der Waals surface area contributed by atoms with E-state index in [4.69, 9.17) is 4.74 Å². The molecule has 0 aliphatic heterocycles. The van der Waals surface area contributed by atoms with Crippen LogP contribution in [0.3, 0.4) is 0 Å². The molecule has 5 heteroatoms. The molecule has 0 spiro atoms. The highest BCUT2D eigenvalue weighted by Crippen LogP contribution is 2.35. The van der Waals surface area contributed by atoms with Crippen LogP contribution in [0.15, 0.2) is 35.2 Å². The average Bonchev–Trinajstić information content (AvgIpc) is 3.17. The molecule has 1 fully saturated rings. The summed E-state index contributed by atoms with van der Waals surface area (Å²) in [4.78, 5) is 4.23. The first kappa shape index (κ1) is 12.5. The summed E-state index contributed by atoms with van der Waals surface area (Å²) in [6.45, 7) is 0.779. The summed E-state index contributed by atoms with van der Waals surface area (Å²) < 4.78 is 8.52. The Kier molecular flexibility index (Phi) is 3.46. The maximum Gasteiger partial charge on any atom is 0.135 e. The van der Waals surface area contributed by atoms with Gasteiger partial charge in [-0.1, -0.05) is 0 Å². The van der Waals surface area contributed by atoms with Crippen LogP contribution in [-0.2, 0) is 6.54 Å².